The van der Waals surface area contributed by atoms with Gasteiger partial charge in [0.05, 0.1) is 11.9 Å². The van der Waals surface area contributed by atoms with Gasteiger partial charge in [0, 0.05) is 24.4 Å². The molecule has 114 valence electrons. The van der Waals surface area contributed by atoms with Gasteiger partial charge < -0.3 is 10.5 Å². The Hall–Kier alpha value is -1.86. The molecule has 1 aromatic carbocycles. The second-order valence-corrected chi connectivity index (χ2v) is 4.62. The molecule has 1 aromatic heterocycles. The Balaban J connectivity index is 1.86. The first-order valence-corrected chi connectivity index (χ1v) is 6.46. The molecular weight excluding hydrogens is 283 g/mol. The minimum atomic E-state index is -4.30. The fraction of sp³-hybridized carbons (Fsp3) is 0.357. The van der Waals surface area contributed by atoms with Crippen molar-refractivity contribution >= 4 is 0 Å². The first-order chi connectivity index (χ1) is 9.96. The van der Waals surface area contributed by atoms with Crippen molar-refractivity contribution in [2.24, 2.45) is 5.73 Å². The van der Waals surface area contributed by atoms with Crippen LogP contribution in [0.3, 0.4) is 0 Å². The maximum Gasteiger partial charge on any atom is 0.411 e. The van der Waals surface area contributed by atoms with E-state index in [-0.39, 0.29) is 6.61 Å². The third-order valence-electron chi connectivity index (χ3n) is 2.89. The Morgan fingerprint density at radius 1 is 1.24 bits per heavy atom. The molecule has 0 radical (unpaired) electrons. The van der Waals surface area contributed by atoms with Crippen LogP contribution in [0.15, 0.2) is 42.7 Å². The van der Waals surface area contributed by atoms with Crippen molar-refractivity contribution in [3.63, 3.8) is 0 Å². The summed E-state index contributed by atoms with van der Waals surface area (Å²) >= 11 is 0. The fourth-order valence-electron chi connectivity index (χ4n) is 1.82. The highest BCUT2D eigenvalue weighted by atomic mass is 19.4. The molecule has 1 heterocycles. The van der Waals surface area contributed by atoms with E-state index in [0.29, 0.717) is 6.42 Å². The topological polar surface area (TPSA) is 53.1 Å². The van der Waals surface area contributed by atoms with E-state index < -0.39 is 18.8 Å². The summed E-state index contributed by atoms with van der Waals surface area (Å²) in [6, 6.07) is 9.07. The average molecular weight is 299 g/mol. The second-order valence-electron chi connectivity index (χ2n) is 4.62. The molecule has 0 bridgehead atoms. The van der Waals surface area contributed by atoms with Gasteiger partial charge in [-0.3, -0.25) is 0 Å². The maximum atomic E-state index is 11.9. The summed E-state index contributed by atoms with van der Waals surface area (Å²) in [6.45, 7) is -1.29. The lowest BCUT2D eigenvalue weighted by Crippen LogP contribution is -2.19. The van der Waals surface area contributed by atoms with Gasteiger partial charge >= 0.3 is 6.18 Å². The Bertz CT molecular complexity index is 554. The summed E-state index contributed by atoms with van der Waals surface area (Å²) in [4.78, 5) is 0. The zero-order chi connectivity index (χ0) is 15.3. The van der Waals surface area contributed by atoms with Gasteiger partial charge in [0.25, 0.3) is 0 Å². The number of rotatable bonds is 6. The molecule has 0 aliphatic heterocycles. The summed E-state index contributed by atoms with van der Waals surface area (Å²) in [7, 11) is 0. The molecule has 21 heavy (non-hydrogen) atoms. The lowest BCUT2D eigenvalue weighted by atomic mass is 10.1. The van der Waals surface area contributed by atoms with Crippen LogP contribution < -0.4 is 5.73 Å². The zero-order valence-corrected chi connectivity index (χ0v) is 11.3. The number of hydrogen-bond acceptors (Lipinski definition) is 3. The van der Waals surface area contributed by atoms with Crippen molar-refractivity contribution in [3.8, 4) is 5.69 Å². The van der Waals surface area contributed by atoms with Crippen LogP contribution in [0.2, 0.25) is 0 Å². The van der Waals surface area contributed by atoms with Crippen molar-refractivity contribution in [2.75, 3.05) is 13.2 Å². The largest absolute Gasteiger partial charge is 0.411 e. The number of halogens is 3. The van der Waals surface area contributed by atoms with Crippen molar-refractivity contribution in [3.05, 3.63) is 48.3 Å². The highest BCUT2D eigenvalue weighted by Crippen LogP contribution is 2.17. The van der Waals surface area contributed by atoms with Crippen molar-refractivity contribution in [2.45, 2.75) is 18.6 Å². The number of para-hydroxylation sites is 1. The quantitative estimate of drug-likeness (QED) is 0.835. The van der Waals surface area contributed by atoms with Gasteiger partial charge in [-0.05, 0) is 18.6 Å². The molecule has 0 saturated carbocycles. The van der Waals surface area contributed by atoms with E-state index in [1.54, 1.807) is 17.1 Å². The smallest absolute Gasteiger partial charge is 0.372 e. The van der Waals surface area contributed by atoms with Crippen LogP contribution in [-0.2, 0) is 4.74 Å². The van der Waals surface area contributed by atoms with Crippen LogP contribution in [0.5, 0.6) is 0 Å². The molecule has 2 rings (SSSR count). The standard InChI is InChI=1S/C14H16F3N3O/c15-14(16,17)10-21-7-6-13(18)11-8-19-20(9-11)12-4-2-1-3-5-12/h1-5,8-9,13H,6-7,10,18H2. The van der Waals surface area contributed by atoms with Gasteiger partial charge in [0.15, 0.2) is 0 Å². The van der Waals surface area contributed by atoms with Crippen LogP contribution in [0.1, 0.15) is 18.0 Å². The molecule has 1 unspecified atom stereocenters. The summed E-state index contributed by atoms with van der Waals surface area (Å²) in [5.74, 6) is 0. The minimum absolute atomic E-state index is 0.0445. The lowest BCUT2D eigenvalue weighted by molar-refractivity contribution is -0.174. The predicted octanol–water partition coefficient (Wildman–Crippen LogP) is 2.84. The molecule has 0 amide bonds. The van der Waals surface area contributed by atoms with Gasteiger partial charge in [0.2, 0.25) is 0 Å². The summed E-state index contributed by atoms with van der Waals surface area (Å²) in [6.07, 6.45) is -0.621. The van der Waals surface area contributed by atoms with Crippen LogP contribution in [0.25, 0.3) is 5.69 Å². The predicted molar refractivity (Wildman–Crippen MR) is 72.0 cm³/mol. The molecule has 2 N–H and O–H groups in total. The second kappa shape index (κ2) is 6.73. The van der Waals surface area contributed by atoms with E-state index in [4.69, 9.17) is 5.73 Å². The maximum absolute atomic E-state index is 11.9. The summed E-state index contributed by atoms with van der Waals surface area (Å²) in [5, 5.41) is 4.19. The zero-order valence-electron chi connectivity index (χ0n) is 11.3. The van der Waals surface area contributed by atoms with Crippen molar-refractivity contribution in [1.29, 1.82) is 0 Å². The lowest BCUT2D eigenvalue weighted by Gasteiger charge is -2.11. The third kappa shape index (κ3) is 4.87. The number of nitrogens with zero attached hydrogens (tertiary/aromatic N) is 2. The van der Waals surface area contributed by atoms with Gasteiger partial charge in [-0.2, -0.15) is 18.3 Å². The first-order valence-electron chi connectivity index (χ1n) is 6.46. The third-order valence-corrected chi connectivity index (χ3v) is 2.89. The normalized spacial score (nSPS) is 13.3. The van der Waals surface area contributed by atoms with Crippen molar-refractivity contribution in [1.82, 2.24) is 9.78 Å². The number of alkyl halides is 3. The molecule has 2 aromatic rings. The Morgan fingerprint density at radius 2 is 1.95 bits per heavy atom. The van der Waals surface area contributed by atoms with Crippen molar-refractivity contribution < 1.29 is 17.9 Å². The van der Waals surface area contributed by atoms with E-state index in [2.05, 4.69) is 9.84 Å². The van der Waals surface area contributed by atoms with Crippen LogP contribution in [0, 0.1) is 0 Å². The van der Waals surface area contributed by atoms with Gasteiger partial charge in [-0.1, -0.05) is 18.2 Å². The molecular formula is C14H16F3N3O. The fourth-order valence-corrected chi connectivity index (χ4v) is 1.82. The number of nitrogens with two attached hydrogens (primary N) is 1. The van der Waals surface area contributed by atoms with E-state index in [1.165, 1.54) is 0 Å². The van der Waals surface area contributed by atoms with Crippen LogP contribution in [-0.4, -0.2) is 29.2 Å². The number of benzene rings is 1. The van der Waals surface area contributed by atoms with Gasteiger partial charge in [-0.15, -0.1) is 0 Å². The molecule has 1 atom stereocenters. The molecule has 7 heteroatoms. The van der Waals surface area contributed by atoms with E-state index in [1.807, 2.05) is 30.3 Å². The molecule has 4 nitrogen and oxygen atoms in total. The summed E-state index contributed by atoms with van der Waals surface area (Å²) in [5.41, 5.74) is 7.57. The molecule has 0 aliphatic rings. The van der Waals surface area contributed by atoms with E-state index >= 15 is 0 Å². The number of aromatic nitrogens is 2. The van der Waals surface area contributed by atoms with E-state index in [9.17, 15) is 13.2 Å². The monoisotopic (exact) mass is 299 g/mol. The number of ether oxygens (including phenoxy) is 1. The Morgan fingerprint density at radius 3 is 2.62 bits per heavy atom. The first kappa shape index (κ1) is 15.5. The van der Waals surface area contributed by atoms with Crippen LogP contribution >= 0.6 is 0 Å². The molecule has 0 aliphatic carbocycles. The van der Waals surface area contributed by atoms with Gasteiger partial charge in [-0.25, -0.2) is 4.68 Å². The Labute approximate surface area is 120 Å². The highest BCUT2D eigenvalue weighted by Gasteiger charge is 2.27. The molecule has 0 saturated heterocycles. The SMILES string of the molecule is NC(CCOCC(F)(F)F)c1cnn(-c2ccccc2)c1. The minimum Gasteiger partial charge on any atom is -0.372 e. The Kier molecular flexibility index (Phi) is 4.98. The highest BCUT2D eigenvalue weighted by molar-refractivity contribution is 5.31. The summed E-state index contributed by atoms with van der Waals surface area (Å²) < 4.78 is 42.0. The number of hydrogen-bond donors (Lipinski definition) is 1. The van der Waals surface area contributed by atoms with Gasteiger partial charge in [0.1, 0.15) is 6.61 Å². The molecule has 0 spiro atoms. The van der Waals surface area contributed by atoms with E-state index in [0.717, 1.165) is 11.3 Å². The average Bonchev–Trinajstić information content (AvgIpc) is 2.93. The molecule has 0 fully saturated rings. The van der Waals surface area contributed by atoms with Crippen LogP contribution in [0.4, 0.5) is 13.2 Å².